The Bertz CT molecular complexity index is 713. The molecular weight excluding hydrogens is 439 g/mol. The highest BCUT2D eigenvalue weighted by atomic mass is 127. The normalized spacial score (nSPS) is 11.1. The van der Waals surface area contributed by atoms with Crippen molar-refractivity contribution in [2.24, 2.45) is 0 Å². The summed E-state index contributed by atoms with van der Waals surface area (Å²) < 4.78 is 2.17. The highest BCUT2D eigenvalue weighted by molar-refractivity contribution is 14.1. The predicted molar refractivity (Wildman–Crippen MR) is 101 cm³/mol. The molecule has 106 valence electrons. The van der Waals surface area contributed by atoms with Gasteiger partial charge in [0.1, 0.15) is 0 Å². The predicted octanol–water partition coefficient (Wildman–Crippen LogP) is 5.18. The fourth-order valence-electron chi connectivity index (χ4n) is 1.95. The van der Waals surface area contributed by atoms with E-state index in [1.54, 1.807) is 0 Å². The molecule has 2 aromatic rings. The zero-order chi connectivity index (χ0) is 15.4. The van der Waals surface area contributed by atoms with Crippen molar-refractivity contribution in [1.82, 2.24) is 0 Å². The molecule has 21 heavy (non-hydrogen) atoms. The largest absolute Gasteiger partial charge is 0.377 e. The van der Waals surface area contributed by atoms with Crippen molar-refractivity contribution in [3.05, 3.63) is 61.6 Å². The van der Waals surface area contributed by atoms with Crippen molar-refractivity contribution >= 4 is 55.9 Å². The third kappa shape index (κ3) is 4.08. The lowest BCUT2D eigenvalue weighted by Crippen LogP contribution is -2.09. The van der Waals surface area contributed by atoms with E-state index in [-0.39, 0.29) is 0 Å². The SMILES string of the molecule is CN(C)c1ccc(/C=C(/C#N)c2ccc(I)cc2)cc1Br. The number of hydrogen-bond donors (Lipinski definition) is 0. The molecule has 2 rings (SSSR count). The summed E-state index contributed by atoms with van der Waals surface area (Å²) >= 11 is 5.83. The van der Waals surface area contributed by atoms with E-state index < -0.39 is 0 Å². The molecule has 0 amide bonds. The lowest BCUT2D eigenvalue weighted by atomic mass is 10.0. The highest BCUT2D eigenvalue weighted by Gasteiger charge is 2.05. The molecule has 0 aliphatic carbocycles. The Hall–Kier alpha value is -1.32. The van der Waals surface area contributed by atoms with Crippen molar-refractivity contribution in [1.29, 1.82) is 5.26 Å². The molecule has 0 fully saturated rings. The summed E-state index contributed by atoms with van der Waals surface area (Å²) in [5.41, 5.74) is 3.71. The maximum Gasteiger partial charge on any atom is 0.0998 e. The second-order valence-corrected chi connectivity index (χ2v) is 6.88. The first-order valence-electron chi connectivity index (χ1n) is 6.36. The van der Waals surface area contributed by atoms with Gasteiger partial charge in [0.15, 0.2) is 0 Å². The van der Waals surface area contributed by atoms with Gasteiger partial charge in [0.05, 0.1) is 17.3 Å². The van der Waals surface area contributed by atoms with Gasteiger partial charge in [-0.15, -0.1) is 0 Å². The minimum Gasteiger partial charge on any atom is -0.377 e. The van der Waals surface area contributed by atoms with Crippen LogP contribution >= 0.6 is 38.5 Å². The summed E-state index contributed by atoms with van der Waals surface area (Å²) in [4.78, 5) is 2.04. The number of anilines is 1. The molecule has 0 radical (unpaired) electrons. The zero-order valence-corrected chi connectivity index (χ0v) is 15.5. The van der Waals surface area contributed by atoms with Crippen LogP contribution in [0.2, 0.25) is 0 Å². The smallest absolute Gasteiger partial charge is 0.0998 e. The molecule has 0 spiro atoms. The van der Waals surface area contributed by atoms with E-state index >= 15 is 0 Å². The molecule has 2 nitrogen and oxygen atoms in total. The average Bonchev–Trinajstić information content (AvgIpc) is 2.45. The fraction of sp³-hybridized carbons (Fsp3) is 0.118. The minimum atomic E-state index is 0.663. The Morgan fingerprint density at radius 1 is 1.19 bits per heavy atom. The van der Waals surface area contributed by atoms with E-state index in [1.807, 2.05) is 67.5 Å². The van der Waals surface area contributed by atoms with Gasteiger partial charge in [0, 0.05) is 22.1 Å². The lowest BCUT2D eigenvalue weighted by molar-refractivity contribution is 1.12. The quantitative estimate of drug-likeness (QED) is 0.364. The number of hydrogen-bond acceptors (Lipinski definition) is 2. The van der Waals surface area contributed by atoms with E-state index in [2.05, 4.69) is 44.6 Å². The van der Waals surface area contributed by atoms with Gasteiger partial charge in [-0.25, -0.2) is 0 Å². The van der Waals surface area contributed by atoms with E-state index in [1.165, 1.54) is 0 Å². The minimum absolute atomic E-state index is 0.663. The fourth-order valence-corrected chi connectivity index (χ4v) is 3.06. The molecule has 0 aromatic heterocycles. The maximum atomic E-state index is 9.38. The van der Waals surface area contributed by atoms with Crippen molar-refractivity contribution in [2.75, 3.05) is 19.0 Å². The van der Waals surface area contributed by atoms with Crippen LogP contribution in [0.15, 0.2) is 46.9 Å². The van der Waals surface area contributed by atoms with E-state index in [0.29, 0.717) is 5.57 Å². The second-order valence-electron chi connectivity index (χ2n) is 4.78. The van der Waals surface area contributed by atoms with Crippen LogP contribution in [0, 0.1) is 14.9 Å². The van der Waals surface area contributed by atoms with Crippen LogP contribution in [0.4, 0.5) is 5.69 Å². The lowest BCUT2D eigenvalue weighted by Gasteiger charge is -2.14. The first-order chi connectivity index (χ1) is 10.0. The molecule has 4 heteroatoms. The standard InChI is InChI=1S/C17H14BrIN2/c1-21(2)17-8-3-12(10-16(17)18)9-14(11-20)13-4-6-15(19)7-5-13/h3-10H,1-2H3/b14-9-. The van der Waals surface area contributed by atoms with Crippen molar-refractivity contribution < 1.29 is 0 Å². The van der Waals surface area contributed by atoms with E-state index in [4.69, 9.17) is 0 Å². The van der Waals surface area contributed by atoms with Gasteiger partial charge in [-0.3, -0.25) is 0 Å². The van der Waals surface area contributed by atoms with Crippen LogP contribution in [0.3, 0.4) is 0 Å². The van der Waals surface area contributed by atoms with Gasteiger partial charge in [-0.2, -0.15) is 5.26 Å². The van der Waals surface area contributed by atoms with E-state index in [0.717, 1.165) is 24.9 Å². The number of nitriles is 1. The summed E-state index contributed by atoms with van der Waals surface area (Å²) in [6.07, 6.45) is 1.91. The van der Waals surface area contributed by atoms with E-state index in [9.17, 15) is 5.26 Å². The van der Waals surface area contributed by atoms with Crippen molar-refractivity contribution in [3.63, 3.8) is 0 Å². The molecule has 0 saturated carbocycles. The average molecular weight is 453 g/mol. The van der Waals surface area contributed by atoms with Gasteiger partial charge < -0.3 is 4.90 Å². The Labute approximate surface area is 147 Å². The third-order valence-corrected chi connectivity index (χ3v) is 4.39. The second kappa shape index (κ2) is 7.10. The summed E-state index contributed by atoms with van der Waals surface area (Å²) in [7, 11) is 4.00. The Morgan fingerprint density at radius 2 is 1.86 bits per heavy atom. The Balaban J connectivity index is 2.39. The third-order valence-electron chi connectivity index (χ3n) is 3.04. The molecule has 0 atom stereocenters. The van der Waals surface area contributed by atoms with Crippen molar-refractivity contribution in [3.8, 4) is 6.07 Å². The molecule has 0 bridgehead atoms. The Kier molecular flexibility index (Phi) is 5.43. The van der Waals surface area contributed by atoms with Crippen LogP contribution in [0.25, 0.3) is 11.6 Å². The van der Waals surface area contributed by atoms with Gasteiger partial charge in [-0.1, -0.05) is 18.2 Å². The molecule has 0 unspecified atom stereocenters. The van der Waals surface area contributed by atoms with Gasteiger partial charge >= 0.3 is 0 Å². The van der Waals surface area contributed by atoms with Crippen molar-refractivity contribution in [2.45, 2.75) is 0 Å². The topological polar surface area (TPSA) is 27.0 Å². The van der Waals surface area contributed by atoms with Crippen LogP contribution in [0.1, 0.15) is 11.1 Å². The summed E-state index contributed by atoms with van der Waals surface area (Å²) in [6, 6.07) is 16.3. The van der Waals surface area contributed by atoms with Crippen LogP contribution < -0.4 is 4.90 Å². The first kappa shape index (κ1) is 16.1. The summed E-state index contributed by atoms with van der Waals surface area (Å²) in [5, 5.41) is 9.38. The molecular formula is C17H14BrIN2. The molecule has 0 N–H and O–H groups in total. The summed E-state index contributed by atoms with van der Waals surface area (Å²) in [5.74, 6) is 0. The maximum absolute atomic E-state index is 9.38. The number of halogens is 2. The van der Waals surface area contributed by atoms with Gasteiger partial charge in [0.2, 0.25) is 0 Å². The number of benzene rings is 2. The first-order valence-corrected chi connectivity index (χ1v) is 8.23. The van der Waals surface area contributed by atoms with Gasteiger partial charge in [-0.05, 0) is 80.0 Å². The Morgan fingerprint density at radius 3 is 2.38 bits per heavy atom. The number of allylic oxidation sites excluding steroid dienone is 1. The van der Waals surface area contributed by atoms with Crippen LogP contribution in [-0.2, 0) is 0 Å². The zero-order valence-electron chi connectivity index (χ0n) is 11.8. The molecule has 0 aliphatic heterocycles. The van der Waals surface area contributed by atoms with Crippen LogP contribution in [-0.4, -0.2) is 14.1 Å². The van der Waals surface area contributed by atoms with Gasteiger partial charge in [0.25, 0.3) is 0 Å². The highest BCUT2D eigenvalue weighted by Crippen LogP contribution is 2.27. The molecule has 0 heterocycles. The molecule has 0 saturated heterocycles. The molecule has 2 aromatic carbocycles. The summed E-state index contributed by atoms with van der Waals surface area (Å²) in [6.45, 7) is 0. The monoisotopic (exact) mass is 452 g/mol. The van der Waals surface area contributed by atoms with Crippen LogP contribution in [0.5, 0.6) is 0 Å². The number of nitrogens with zero attached hydrogens (tertiary/aromatic N) is 2. The number of rotatable bonds is 3. The molecule has 0 aliphatic rings.